The van der Waals surface area contributed by atoms with Crippen LogP contribution in [-0.4, -0.2) is 23.8 Å². The molecule has 1 aromatic carbocycles. The van der Waals surface area contributed by atoms with Gasteiger partial charge in [0.2, 0.25) is 0 Å². The standard InChI is InChI=1S/C20H21N3O2S/c1-11-15(20(24)25-2)16(12-6-4-3-5-7-12)17-18(21)13-10-26-9-8-14(13)23-19(17)22-11/h3-7,16H,8-10H2,1-2H3,(H3,21,22,23). The van der Waals surface area contributed by atoms with Crippen LogP contribution in [0.1, 0.15) is 35.2 Å². The number of anilines is 2. The maximum Gasteiger partial charge on any atom is 0.336 e. The summed E-state index contributed by atoms with van der Waals surface area (Å²) in [6.45, 7) is 1.89. The number of pyridine rings is 1. The lowest BCUT2D eigenvalue weighted by molar-refractivity contribution is -0.136. The number of carbonyl (C=O) groups excluding carboxylic acids is 1. The van der Waals surface area contributed by atoms with E-state index < -0.39 is 0 Å². The molecule has 1 atom stereocenters. The number of carbonyl (C=O) groups is 1. The minimum absolute atomic E-state index is 0.287. The molecule has 3 N–H and O–H groups in total. The molecular formula is C20H21N3O2S. The summed E-state index contributed by atoms with van der Waals surface area (Å²) in [5.74, 6) is 2.04. The van der Waals surface area contributed by atoms with Crippen molar-refractivity contribution in [3.05, 3.63) is 64.0 Å². The molecule has 0 saturated heterocycles. The van der Waals surface area contributed by atoms with Gasteiger partial charge in [-0.3, -0.25) is 0 Å². The number of aryl methyl sites for hydroxylation is 1. The molecule has 6 heteroatoms. The van der Waals surface area contributed by atoms with Crippen molar-refractivity contribution in [3.8, 4) is 0 Å². The number of nitrogens with zero attached hydrogens (tertiary/aromatic N) is 1. The lowest BCUT2D eigenvalue weighted by Gasteiger charge is -2.32. The van der Waals surface area contributed by atoms with Crippen LogP contribution >= 0.6 is 11.8 Å². The zero-order valence-corrected chi connectivity index (χ0v) is 15.7. The molecule has 0 aliphatic carbocycles. The average molecular weight is 367 g/mol. The quantitative estimate of drug-likeness (QED) is 0.792. The minimum atomic E-state index is -0.346. The fraction of sp³-hybridized carbons (Fsp3) is 0.300. The van der Waals surface area contributed by atoms with Gasteiger partial charge in [-0.15, -0.1) is 0 Å². The van der Waals surface area contributed by atoms with Crippen molar-refractivity contribution in [2.45, 2.75) is 25.0 Å². The van der Waals surface area contributed by atoms with Crippen LogP contribution in [0.3, 0.4) is 0 Å². The topological polar surface area (TPSA) is 77.2 Å². The van der Waals surface area contributed by atoms with Gasteiger partial charge in [0, 0.05) is 39.9 Å². The predicted molar refractivity (Wildman–Crippen MR) is 105 cm³/mol. The monoisotopic (exact) mass is 367 g/mol. The number of nitrogens with two attached hydrogens (primary N) is 1. The van der Waals surface area contributed by atoms with Gasteiger partial charge in [-0.25, -0.2) is 9.78 Å². The number of rotatable bonds is 2. The molecule has 2 aliphatic heterocycles. The molecule has 0 fully saturated rings. The molecule has 2 aliphatic rings. The van der Waals surface area contributed by atoms with E-state index in [2.05, 4.69) is 5.32 Å². The number of fused-ring (bicyclic) bond motifs is 2. The van der Waals surface area contributed by atoms with Gasteiger partial charge in [-0.2, -0.15) is 11.8 Å². The van der Waals surface area contributed by atoms with Gasteiger partial charge in [0.1, 0.15) is 5.82 Å². The van der Waals surface area contributed by atoms with Crippen LogP contribution in [0, 0.1) is 0 Å². The minimum Gasteiger partial charge on any atom is -0.466 e. The maximum atomic E-state index is 12.6. The molecule has 0 spiro atoms. The molecular weight excluding hydrogens is 346 g/mol. The molecule has 3 heterocycles. The second-order valence-corrected chi connectivity index (χ2v) is 7.62. The number of benzene rings is 1. The van der Waals surface area contributed by atoms with Gasteiger partial charge < -0.3 is 15.8 Å². The summed E-state index contributed by atoms with van der Waals surface area (Å²) < 4.78 is 5.08. The van der Waals surface area contributed by atoms with Crippen LogP contribution in [0.5, 0.6) is 0 Å². The Morgan fingerprint density at radius 3 is 2.85 bits per heavy atom. The van der Waals surface area contributed by atoms with Crippen molar-refractivity contribution in [1.29, 1.82) is 0 Å². The van der Waals surface area contributed by atoms with E-state index >= 15 is 0 Å². The van der Waals surface area contributed by atoms with Crippen LogP contribution < -0.4 is 11.1 Å². The zero-order valence-electron chi connectivity index (χ0n) is 14.8. The fourth-order valence-electron chi connectivity index (χ4n) is 3.77. The lowest BCUT2D eigenvalue weighted by Crippen LogP contribution is -2.27. The fourth-order valence-corrected chi connectivity index (χ4v) is 4.78. The second kappa shape index (κ2) is 6.68. The van der Waals surface area contributed by atoms with E-state index in [9.17, 15) is 4.79 Å². The Labute approximate surface area is 157 Å². The SMILES string of the molecule is COC(=O)C1=C(C)Nc2nc3c(c(N)c2C1c1ccccc1)CSCC3. The molecule has 1 unspecified atom stereocenters. The van der Waals surface area contributed by atoms with E-state index in [1.807, 2.05) is 49.0 Å². The smallest absolute Gasteiger partial charge is 0.336 e. The third-order valence-electron chi connectivity index (χ3n) is 5.02. The summed E-state index contributed by atoms with van der Waals surface area (Å²) in [5.41, 5.74) is 12.8. The van der Waals surface area contributed by atoms with Crippen molar-refractivity contribution < 1.29 is 9.53 Å². The second-order valence-electron chi connectivity index (χ2n) is 6.51. The average Bonchev–Trinajstić information content (AvgIpc) is 2.67. The number of ether oxygens (including phenoxy) is 1. The highest BCUT2D eigenvalue weighted by Gasteiger charge is 2.36. The Hall–Kier alpha value is -2.47. The molecule has 0 bridgehead atoms. The number of hydrogen-bond donors (Lipinski definition) is 2. The summed E-state index contributed by atoms with van der Waals surface area (Å²) in [5, 5.41) is 3.30. The molecule has 0 saturated carbocycles. The highest BCUT2D eigenvalue weighted by Crippen LogP contribution is 2.46. The van der Waals surface area contributed by atoms with Crippen LogP contribution in [0.4, 0.5) is 11.5 Å². The molecule has 5 nitrogen and oxygen atoms in total. The number of nitrogens with one attached hydrogen (secondary N) is 1. The molecule has 134 valence electrons. The summed E-state index contributed by atoms with van der Waals surface area (Å²) in [6.07, 6.45) is 0.918. The van der Waals surface area contributed by atoms with E-state index in [-0.39, 0.29) is 11.9 Å². The lowest BCUT2D eigenvalue weighted by atomic mass is 9.80. The summed E-state index contributed by atoms with van der Waals surface area (Å²) in [6, 6.07) is 9.94. The number of nitrogen functional groups attached to an aromatic ring is 1. The third kappa shape index (κ3) is 2.65. The van der Waals surface area contributed by atoms with Crippen LogP contribution in [-0.2, 0) is 21.7 Å². The Bertz CT molecular complexity index is 909. The largest absolute Gasteiger partial charge is 0.466 e. The zero-order chi connectivity index (χ0) is 18.3. The predicted octanol–water partition coefficient (Wildman–Crippen LogP) is 3.46. The summed E-state index contributed by atoms with van der Waals surface area (Å²) in [7, 11) is 1.41. The van der Waals surface area contributed by atoms with Crippen LogP contribution in [0.25, 0.3) is 0 Å². The van der Waals surface area contributed by atoms with Crippen molar-refractivity contribution in [2.75, 3.05) is 23.9 Å². The molecule has 2 aromatic rings. The van der Waals surface area contributed by atoms with Crippen molar-refractivity contribution >= 4 is 29.2 Å². The number of allylic oxidation sites excluding steroid dienone is 1. The molecule has 0 radical (unpaired) electrons. The molecule has 0 amide bonds. The molecule has 1 aromatic heterocycles. The van der Waals surface area contributed by atoms with E-state index in [0.29, 0.717) is 5.57 Å². The number of thioether (sulfide) groups is 1. The van der Waals surface area contributed by atoms with Crippen molar-refractivity contribution in [1.82, 2.24) is 4.98 Å². The Kier molecular flexibility index (Phi) is 4.36. The van der Waals surface area contributed by atoms with Crippen molar-refractivity contribution in [2.24, 2.45) is 0 Å². The molecule has 4 rings (SSSR count). The van der Waals surface area contributed by atoms with Crippen LogP contribution in [0.2, 0.25) is 0 Å². The van der Waals surface area contributed by atoms with E-state index in [1.54, 1.807) is 0 Å². The van der Waals surface area contributed by atoms with Gasteiger partial charge in [0.25, 0.3) is 0 Å². The molecule has 26 heavy (non-hydrogen) atoms. The van der Waals surface area contributed by atoms with Crippen LogP contribution in [0.15, 0.2) is 41.6 Å². The maximum absolute atomic E-state index is 12.6. The Morgan fingerprint density at radius 2 is 2.12 bits per heavy atom. The summed E-state index contributed by atoms with van der Waals surface area (Å²) >= 11 is 1.87. The first-order chi connectivity index (χ1) is 12.6. The first-order valence-corrected chi connectivity index (χ1v) is 9.77. The van der Waals surface area contributed by atoms with Gasteiger partial charge in [0.15, 0.2) is 0 Å². The number of aromatic nitrogens is 1. The van der Waals surface area contributed by atoms with Crippen molar-refractivity contribution in [3.63, 3.8) is 0 Å². The van der Waals surface area contributed by atoms with Gasteiger partial charge in [-0.1, -0.05) is 30.3 Å². The number of esters is 1. The van der Waals surface area contributed by atoms with E-state index in [1.165, 1.54) is 7.11 Å². The number of methoxy groups -OCH3 is 1. The van der Waals surface area contributed by atoms with E-state index in [4.69, 9.17) is 15.5 Å². The highest BCUT2D eigenvalue weighted by atomic mass is 32.2. The third-order valence-corrected chi connectivity index (χ3v) is 6.01. The van der Waals surface area contributed by atoms with E-state index in [0.717, 1.165) is 57.5 Å². The Balaban J connectivity index is 1.98. The van der Waals surface area contributed by atoms with Gasteiger partial charge >= 0.3 is 5.97 Å². The van der Waals surface area contributed by atoms with Gasteiger partial charge in [-0.05, 0) is 24.7 Å². The Morgan fingerprint density at radius 1 is 1.35 bits per heavy atom. The normalized spacial score (nSPS) is 18.6. The number of hydrogen-bond acceptors (Lipinski definition) is 6. The summed E-state index contributed by atoms with van der Waals surface area (Å²) in [4.78, 5) is 17.5. The van der Waals surface area contributed by atoms with Gasteiger partial charge in [0.05, 0.1) is 12.7 Å². The first-order valence-electron chi connectivity index (χ1n) is 8.61. The first kappa shape index (κ1) is 17.0. The highest BCUT2D eigenvalue weighted by molar-refractivity contribution is 7.98.